The van der Waals surface area contributed by atoms with E-state index in [1.807, 2.05) is 17.7 Å². The van der Waals surface area contributed by atoms with Crippen LogP contribution in [0.5, 0.6) is 0 Å². The zero-order chi connectivity index (χ0) is 15.3. The highest BCUT2D eigenvalue weighted by Gasteiger charge is 2.31. The lowest BCUT2D eigenvalue weighted by molar-refractivity contribution is 0.422. The first-order valence-corrected chi connectivity index (χ1v) is 9.13. The Hall–Kier alpha value is -1.40. The van der Waals surface area contributed by atoms with E-state index in [2.05, 4.69) is 4.98 Å². The van der Waals surface area contributed by atoms with Gasteiger partial charge in [0.2, 0.25) is 0 Å². The predicted molar refractivity (Wildman–Crippen MR) is 82.9 cm³/mol. The second-order valence-corrected chi connectivity index (χ2v) is 8.21. The Labute approximate surface area is 125 Å². The number of rotatable bonds is 3. The second-order valence-electron chi connectivity index (χ2n) is 6.23. The summed E-state index contributed by atoms with van der Waals surface area (Å²) in [5.74, 6) is 0.866. The number of nitrogens with two attached hydrogens (primary N) is 1. The maximum absolute atomic E-state index is 11.9. The number of hydrogen-bond donors (Lipinski definition) is 1. The summed E-state index contributed by atoms with van der Waals surface area (Å²) in [6.07, 6.45) is 6.26. The van der Waals surface area contributed by atoms with Gasteiger partial charge in [-0.2, -0.15) is 0 Å². The topological polar surface area (TPSA) is 78.0 Å². The minimum Gasteiger partial charge on any atom is -0.331 e. The monoisotopic (exact) mass is 307 g/mol. The van der Waals surface area contributed by atoms with Gasteiger partial charge >= 0.3 is 0 Å². The molecule has 1 aromatic carbocycles. The van der Waals surface area contributed by atoms with E-state index in [9.17, 15) is 8.42 Å². The molecule has 0 radical (unpaired) electrons. The molecule has 2 aromatic rings. The van der Waals surface area contributed by atoms with Crippen LogP contribution in [0.2, 0.25) is 0 Å². The smallest absolute Gasteiger partial charge is 0.177 e. The molecule has 0 aliphatic heterocycles. The molecule has 0 spiro atoms. The summed E-state index contributed by atoms with van der Waals surface area (Å²) < 4.78 is 25.8. The van der Waals surface area contributed by atoms with E-state index in [0.29, 0.717) is 16.8 Å². The number of aryl methyl sites for hydroxylation is 1. The first-order chi connectivity index (χ1) is 9.80. The molecule has 0 bridgehead atoms. The van der Waals surface area contributed by atoms with Crippen molar-refractivity contribution in [3.63, 3.8) is 0 Å². The third kappa shape index (κ3) is 2.58. The summed E-state index contributed by atoms with van der Waals surface area (Å²) in [4.78, 5) is 4.88. The van der Waals surface area contributed by atoms with Gasteiger partial charge < -0.3 is 10.3 Å². The van der Waals surface area contributed by atoms with E-state index in [4.69, 9.17) is 5.73 Å². The molecule has 21 heavy (non-hydrogen) atoms. The molecule has 1 aromatic heterocycles. The van der Waals surface area contributed by atoms with Gasteiger partial charge in [-0.05, 0) is 25.0 Å². The molecular formula is C15H21N3O2S. The van der Waals surface area contributed by atoms with E-state index in [0.717, 1.165) is 37.0 Å². The molecule has 0 unspecified atom stereocenters. The Kier molecular flexibility index (Phi) is 3.33. The summed E-state index contributed by atoms with van der Waals surface area (Å²) >= 11 is 0. The summed E-state index contributed by atoms with van der Waals surface area (Å²) in [5, 5.41) is 0. The fourth-order valence-electron chi connectivity index (χ4n) is 3.26. The number of aromatic nitrogens is 2. The molecule has 0 atom stereocenters. The zero-order valence-corrected chi connectivity index (χ0v) is 13.3. The van der Waals surface area contributed by atoms with Crippen molar-refractivity contribution in [3.05, 3.63) is 24.0 Å². The summed E-state index contributed by atoms with van der Waals surface area (Å²) in [6, 6.07) is 5.28. The number of hydrogen-bond acceptors (Lipinski definition) is 4. The van der Waals surface area contributed by atoms with E-state index in [-0.39, 0.29) is 5.54 Å². The molecule has 0 amide bonds. The average Bonchev–Trinajstić information content (AvgIpc) is 2.94. The fourth-order valence-corrected chi connectivity index (χ4v) is 4.09. The van der Waals surface area contributed by atoms with Crippen LogP contribution in [0.1, 0.15) is 31.5 Å². The van der Waals surface area contributed by atoms with Crippen LogP contribution in [-0.2, 0) is 23.3 Å². The SMILES string of the molecule is Cn1c(CC2(N)CCCC2)nc2c(S(C)(=O)=O)cccc21. The van der Waals surface area contributed by atoms with Gasteiger partial charge in [0.25, 0.3) is 0 Å². The Bertz CT molecular complexity index is 787. The minimum absolute atomic E-state index is 0.194. The van der Waals surface area contributed by atoms with Crippen molar-refractivity contribution in [1.82, 2.24) is 9.55 Å². The Morgan fingerprint density at radius 1 is 1.33 bits per heavy atom. The van der Waals surface area contributed by atoms with Gasteiger partial charge in [-0.25, -0.2) is 13.4 Å². The van der Waals surface area contributed by atoms with Crippen molar-refractivity contribution in [2.45, 2.75) is 42.5 Å². The van der Waals surface area contributed by atoms with Crippen LogP contribution >= 0.6 is 0 Å². The quantitative estimate of drug-likeness (QED) is 0.937. The van der Waals surface area contributed by atoms with Gasteiger partial charge in [0.1, 0.15) is 11.3 Å². The first kappa shape index (κ1) is 14.5. The number of imidazole rings is 1. The Balaban J connectivity index is 2.11. The standard InChI is InChI=1S/C15H21N3O2S/c1-18-11-6-5-7-12(21(2,19)20)14(11)17-13(18)10-15(16)8-3-4-9-15/h5-7H,3-4,8-10,16H2,1-2H3. The van der Waals surface area contributed by atoms with Crippen molar-refractivity contribution in [2.75, 3.05) is 6.26 Å². The van der Waals surface area contributed by atoms with Crippen LogP contribution in [0.4, 0.5) is 0 Å². The molecule has 5 nitrogen and oxygen atoms in total. The fraction of sp³-hybridized carbons (Fsp3) is 0.533. The van der Waals surface area contributed by atoms with Crippen LogP contribution in [0, 0.1) is 0 Å². The number of nitrogens with zero attached hydrogens (tertiary/aromatic N) is 2. The highest BCUT2D eigenvalue weighted by atomic mass is 32.2. The van der Waals surface area contributed by atoms with Gasteiger partial charge in [0.05, 0.1) is 10.4 Å². The van der Waals surface area contributed by atoms with Crippen molar-refractivity contribution >= 4 is 20.9 Å². The normalized spacial score (nSPS) is 18.4. The van der Waals surface area contributed by atoms with Gasteiger partial charge in [-0.3, -0.25) is 0 Å². The third-order valence-corrected chi connectivity index (χ3v) is 5.60. The molecule has 2 N–H and O–H groups in total. The van der Waals surface area contributed by atoms with Crippen LogP contribution < -0.4 is 5.73 Å². The molecule has 114 valence electrons. The maximum Gasteiger partial charge on any atom is 0.177 e. The van der Waals surface area contributed by atoms with Gasteiger partial charge in [-0.1, -0.05) is 18.9 Å². The van der Waals surface area contributed by atoms with E-state index in [1.165, 1.54) is 6.26 Å². The highest BCUT2D eigenvalue weighted by molar-refractivity contribution is 7.91. The molecule has 0 saturated heterocycles. The summed E-state index contributed by atoms with van der Waals surface area (Å²) in [7, 11) is -1.36. The predicted octanol–water partition coefficient (Wildman–Crippen LogP) is 1.79. The lowest BCUT2D eigenvalue weighted by Crippen LogP contribution is -2.39. The van der Waals surface area contributed by atoms with Gasteiger partial charge in [0.15, 0.2) is 9.84 Å². The lowest BCUT2D eigenvalue weighted by Gasteiger charge is -2.22. The highest BCUT2D eigenvalue weighted by Crippen LogP contribution is 2.31. The Morgan fingerprint density at radius 3 is 2.62 bits per heavy atom. The summed E-state index contributed by atoms with van der Waals surface area (Å²) in [5.41, 5.74) is 7.64. The average molecular weight is 307 g/mol. The van der Waals surface area contributed by atoms with Crippen molar-refractivity contribution in [3.8, 4) is 0 Å². The number of para-hydroxylation sites is 1. The van der Waals surface area contributed by atoms with Crippen molar-refractivity contribution in [2.24, 2.45) is 12.8 Å². The van der Waals surface area contributed by atoms with E-state index < -0.39 is 9.84 Å². The van der Waals surface area contributed by atoms with Crippen molar-refractivity contribution < 1.29 is 8.42 Å². The third-order valence-electron chi connectivity index (χ3n) is 4.48. The van der Waals surface area contributed by atoms with E-state index in [1.54, 1.807) is 12.1 Å². The van der Waals surface area contributed by atoms with Crippen LogP contribution in [0.15, 0.2) is 23.1 Å². The zero-order valence-electron chi connectivity index (χ0n) is 12.5. The number of benzene rings is 1. The largest absolute Gasteiger partial charge is 0.331 e. The Morgan fingerprint density at radius 2 is 2.00 bits per heavy atom. The van der Waals surface area contributed by atoms with Crippen LogP contribution in [0.3, 0.4) is 0 Å². The van der Waals surface area contributed by atoms with Gasteiger partial charge in [-0.15, -0.1) is 0 Å². The number of sulfone groups is 1. The van der Waals surface area contributed by atoms with Crippen molar-refractivity contribution in [1.29, 1.82) is 0 Å². The van der Waals surface area contributed by atoms with Gasteiger partial charge in [0, 0.05) is 25.3 Å². The molecule has 1 fully saturated rings. The second kappa shape index (κ2) is 4.81. The van der Waals surface area contributed by atoms with Crippen LogP contribution in [-0.4, -0.2) is 29.8 Å². The molecule has 1 heterocycles. The molecule has 1 aliphatic carbocycles. The number of fused-ring (bicyclic) bond motifs is 1. The maximum atomic E-state index is 11.9. The summed E-state index contributed by atoms with van der Waals surface area (Å²) in [6.45, 7) is 0. The lowest BCUT2D eigenvalue weighted by atomic mass is 9.94. The molecule has 1 saturated carbocycles. The minimum atomic E-state index is -3.28. The van der Waals surface area contributed by atoms with E-state index >= 15 is 0 Å². The van der Waals surface area contributed by atoms with Crippen LogP contribution in [0.25, 0.3) is 11.0 Å². The first-order valence-electron chi connectivity index (χ1n) is 7.23. The molecular weight excluding hydrogens is 286 g/mol. The molecule has 1 aliphatic rings. The molecule has 3 rings (SSSR count). The molecule has 6 heteroatoms.